The molecule has 0 saturated carbocycles. The zero-order chi connectivity index (χ0) is 19.6. The molecule has 140 valence electrons. The first-order valence-corrected chi connectivity index (χ1v) is 8.57. The average Bonchev–Trinajstić information content (AvgIpc) is 3.17. The summed E-state index contributed by atoms with van der Waals surface area (Å²) in [6, 6.07) is 11.7. The topological polar surface area (TPSA) is 97.4 Å². The second-order valence-corrected chi connectivity index (χ2v) is 6.47. The molecule has 0 fully saturated rings. The van der Waals surface area contributed by atoms with Gasteiger partial charge in [-0.1, -0.05) is 35.5 Å². The summed E-state index contributed by atoms with van der Waals surface area (Å²) in [4.78, 5) is 24.4. The second-order valence-electron chi connectivity index (χ2n) is 6.47. The van der Waals surface area contributed by atoms with Crippen molar-refractivity contribution in [2.45, 2.75) is 33.2 Å². The third-order valence-electron chi connectivity index (χ3n) is 4.41. The van der Waals surface area contributed by atoms with Gasteiger partial charge in [0, 0.05) is 23.9 Å². The Morgan fingerprint density at radius 2 is 1.89 bits per heavy atom. The van der Waals surface area contributed by atoms with Crippen LogP contribution in [0.5, 0.6) is 0 Å². The lowest BCUT2D eigenvalue weighted by atomic mass is 10.1. The number of aromatic nitrogens is 2. The van der Waals surface area contributed by atoms with Crippen molar-refractivity contribution in [2.75, 3.05) is 0 Å². The lowest BCUT2D eigenvalue weighted by Gasteiger charge is -2.15. The van der Waals surface area contributed by atoms with Gasteiger partial charge in [0.15, 0.2) is 5.82 Å². The summed E-state index contributed by atoms with van der Waals surface area (Å²) in [6.45, 7) is 5.44. The summed E-state index contributed by atoms with van der Waals surface area (Å²) >= 11 is 0. The molecule has 3 aromatic rings. The molecule has 0 aliphatic heterocycles. The van der Waals surface area contributed by atoms with Gasteiger partial charge in [0.05, 0.1) is 5.56 Å². The van der Waals surface area contributed by atoms with Crippen molar-refractivity contribution < 1.29 is 19.2 Å². The number of carbonyl (C=O) groups excluding carboxylic acids is 1. The monoisotopic (exact) mass is 367 g/mol. The van der Waals surface area contributed by atoms with E-state index in [1.807, 2.05) is 37.3 Å². The molecule has 0 aliphatic rings. The van der Waals surface area contributed by atoms with Gasteiger partial charge in [-0.3, -0.25) is 9.36 Å². The summed E-state index contributed by atoms with van der Waals surface area (Å²) in [6.07, 6.45) is 0.211. The van der Waals surface area contributed by atoms with E-state index in [9.17, 15) is 14.7 Å². The first-order valence-electron chi connectivity index (χ1n) is 8.57. The van der Waals surface area contributed by atoms with Crippen molar-refractivity contribution >= 4 is 11.9 Å². The largest absolute Gasteiger partial charge is 0.480 e. The van der Waals surface area contributed by atoms with Crippen molar-refractivity contribution in [1.82, 2.24) is 15.0 Å². The molecule has 7 nitrogen and oxygen atoms in total. The quantitative estimate of drug-likeness (QED) is 0.698. The van der Waals surface area contributed by atoms with Gasteiger partial charge in [-0.2, -0.15) is 0 Å². The highest BCUT2D eigenvalue weighted by molar-refractivity contribution is 5.98. The predicted molar refractivity (Wildman–Crippen MR) is 99.1 cm³/mol. The Balaban J connectivity index is 1.83. The highest BCUT2D eigenvalue weighted by Gasteiger charge is 2.24. The fraction of sp³-hybridized carbons (Fsp3) is 0.250. The molecule has 2 N–H and O–H groups in total. The van der Waals surface area contributed by atoms with E-state index in [4.69, 9.17) is 4.52 Å². The maximum absolute atomic E-state index is 12.7. The number of aryl methyl sites for hydroxylation is 2. The van der Waals surface area contributed by atoms with E-state index in [-0.39, 0.29) is 6.42 Å². The summed E-state index contributed by atoms with van der Waals surface area (Å²) < 4.78 is 6.92. The van der Waals surface area contributed by atoms with Crippen LogP contribution in [0.1, 0.15) is 33.1 Å². The van der Waals surface area contributed by atoms with Crippen LogP contribution in [0.25, 0.3) is 5.82 Å². The minimum Gasteiger partial charge on any atom is -0.480 e. The highest BCUT2D eigenvalue weighted by Crippen LogP contribution is 2.21. The Kier molecular flexibility index (Phi) is 5.12. The molecule has 1 amide bonds. The van der Waals surface area contributed by atoms with Crippen LogP contribution in [-0.4, -0.2) is 32.7 Å². The molecule has 7 heteroatoms. The fourth-order valence-electron chi connectivity index (χ4n) is 3.09. The molecule has 0 bridgehead atoms. The number of rotatable bonds is 6. The number of nitrogens with one attached hydrogen (secondary N) is 1. The number of hydrogen-bond donors (Lipinski definition) is 2. The normalized spacial score (nSPS) is 12.0. The number of carboxylic acids is 1. The molecule has 3 rings (SSSR count). The van der Waals surface area contributed by atoms with Crippen LogP contribution in [-0.2, 0) is 11.2 Å². The van der Waals surface area contributed by atoms with Crippen molar-refractivity contribution in [3.63, 3.8) is 0 Å². The predicted octanol–water partition coefficient (Wildman–Crippen LogP) is 2.82. The number of hydrogen-bond acceptors (Lipinski definition) is 4. The maximum atomic E-state index is 12.7. The van der Waals surface area contributed by atoms with Gasteiger partial charge in [-0.15, -0.1) is 0 Å². The van der Waals surface area contributed by atoms with Crippen molar-refractivity contribution in [3.05, 3.63) is 70.7 Å². The number of aliphatic carboxylic acids is 1. The molecule has 27 heavy (non-hydrogen) atoms. The average molecular weight is 367 g/mol. The van der Waals surface area contributed by atoms with Gasteiger partial charge in [-0.25, -0.2) is 4.79 Å². The van der Waals surface area contributed by atoms with E-state index in [1.54, 1.807) is 30.5 Å². The SMILES string of the molecule is Cc1cc(-n2c(C)cc(C(=O)N[C@@H](Cc3ccccc3)C(=O)O)c2C)no1. The molecule has 0 unspecified atom stereocenters. The summed E-state index contributed by atoms with van der Waals surface area (Å²) in [5.74, 6) is -0.260. The number of amides is 1. The first kappa shape index (κ1) is 18.4. The van der Waals surface area contributed by atoms with Crippen LogP contribution in [0.15, 0.2) is 47.0 Å². The third kappa shape index (κ3) is 3.92. The molecule has 1 aromatic carbocycles. The van der Waals surface area contributed by atoms with Crippen LogP contribution in [0, 0.1) is 20.8 Å². The Morgan fingerprint density at radius 1 is 1.19 bits per heavy atom. The molecular formula is C20H21N3O4. The summed E-state index contributed by atoms with van der Waals surface area (Å²) in [7, 11) is 0. The lowest BCUT2D eigenvalue weighted by molar-refractivity contribution is -0.139. The van der Waals surface area contributed by atoms with Gasteiger partial charge >= 0.3 is 5.97 Å². The number of carboxylic acid groups (broad SMARTS) is 1. The van der Waals surface area contributed by atoms with Crippen LogP contribution in [0.4, 0.5) is 0 Å². The molecular weight excluding hydrogens is 346 g/mol. The van der Waals surface area contributed by atoms with E-state index >= 15 is 0 Å². The van der Waals surface area contributed by atoms with Gasteiger partial charge in [0.1, 0.15) is 11.8 Å². The standard InChI is InChI=1S/C20H21N3O4/c1-12-9-16(14(3)23(12)18-10-13(2)27-22-18)19(24)21-17(20(25)26)11-15-7-5-4-6-8-15/h4-10,17H,11H2,1-3H3,(H,21,24)(H,25,26)/t17-/m0/s1. The van der Waals surface area contributed by atoms with E-state index in [2.05, 4.69) is 10.5 Å². The first-order chi connectivity index (χ1) is 12.9. The van der Waals surface area contributed by atoms with Gasteiger partial charge in [0.25, 0.3) is 5.91 Å². The number of benzene rings is 1. The van der Waals surface area contributed by atoms with Crippen molar-refractivity contribution in [1.29, 1.82) is 0 Å². The second kappa shape index (κ2) is 7.49. The maximum Gasteiger partial charge on any atom is 0.326 e. The number of nitrogens with zero attached hydrogens (tertiary/aromatic N) is 2. The Morgan fingerprint density at radius 3 is 2.48 bits per heavy atom. The zero-order valence-electron chi connectivity index (χ0n) is 15.4. The molecule has 0 spiro atoms. The van der Waals surface area contributed by atoms with E-state index < -0.39 is 17.9 Å². The third-order valence-corrected chi connectivity index (χ3v) is 4.41. The van der Waals surface area contributed by atoms with Crippen LogP contribution < -0.4 is 5.32 Å². The van der Waals surface area contributed by atoms with E-state index in [0.29, 0.717) is 22.8 Å². The Labute approximate surface area is 156 Å². The Bertz CT molecular complexity index is 973. The Hall–Kier alpha value is -3.35. The van der Waals surface area contributed by atoms with Crippen molar-refractivity contribution in [2.24, 2.45) is 0 Å². The zero-order valence-corrected chi connectivity index (χ0v) is 15.4. The summed E-state index contributed by atoms with van der Waals surface area (Å²) in [5, 5.41) is 16.1. The van der Waals surface area contributed by atoms with Crippen molar-refractivity contribution in [3.8, 4) is 5.82 Å². The van der Waals surface area contributed by atoms with Crippen LogP contribution in [0.3, 0.4) is 0 Å². The van der Waals surface area contributed by atoms with E-state index in [1.165, 1.54) is 0 Å². The van der Waals surface area contributed by atoms with Gasteiger partial charge in [0.2, 0.25) is 0 Å². The van der Waals surface area contributed by atoms with Crippen LogP contribution >= 0.6 is 0 Å². The molecule has 0 aliphatic carbocycles. The molecule has 2 heterocycles. The minimum atomic E-state index is -1.08. The minimum absolute atomic E-state index is 0.211. The molecule has 0 saturated heterocycles. The molecule has 2 aromatic heterocycles. The van der Waals surface area contributed by atoms with Crippen LogP contribution in [0.2, 0.25) is 0 Å². The lowest BCUT2D eigenvalue weighted by Crippen LogP contribution is -2.42. The van der Waals surface area contributed by atoms with Gasteiger partial charge in [-0.05, 0) is 32.4 Å². The molecule has 1 atom stereocenters. The fourth-order valence-corrected chi connectivity index (χ4v) is 3.09. The number of carbonyl (C=O) groups is 2. The summed E-state index contributed by atoms with van der Waals surface area (Å²) in [5.41, 5.74) is 2.73. The van der Waals surface area contributed by atoms with E-state index in [0.717, 1.165) is 11.3 Å². The highest BCUT2D eigenvalue weighted by atomic mass is 16.5. The smallest absolute Gasteiger partial charge is 0.326 e. The van der Waals surface area contributed by atoms with Gasteiger partial charge < -0.3 is 14.9 Å². The molecule has 0 radical (unpaired) electrons.